The second-order valence-electron chi connectivity index (χ2n) is 15.6. The smallest absolute Gasteiger partial charge is 0.0900 e. The summed E-state index contributed by atoms with van der Waals surface area (Å²) >= 11 is 0. The number of aromatic nitrogens is 4. The number of hydrogen-bond donors (Lipinski definition) is 0. The van der Waals surface area contributed by atoms with Crippen molar-refractivity contribution in [2.75, 3.05) is 0 Å². The lowest BCUT2D eigenvalue weighted by atomic mass is 9.79. The molecule has 0 fully saturated rings. The third-order valence-electron chi connectivity index (χ3n) is 11.9. The van der Waals surface area contributed by atoms with E-state index in [9.17, 15) is 0 Å². The van der Waals surface area contributed by atoms with E-state index in [0.29, 0.717) is 0 Å². The summed E-state index contributed by atoms with van der Waals surface area (Å²) in [7, 11) is 0. The Labute approximate surface area is 337 Å². The first-order valence-corrected chi connectivity index (χ1v) is 19.8. The van der Waals surface area contributed by atoms with Crippen molar-refractivity contribution in [3.05, 3.63) is 206 Å². The van der Waals surface area contributed by atoms with E-state index in [2.05, 4.69) is 174 Å². The lowest BCUT2D eigenvalue weighted by Gasteiger charge is -2.24. The molecule has 10 aromatic rings. The molecule has 6 aromatic carbocycles. The second kappa shape index (κ2) is 13.4. The van der Waals surface area contributed by atoms with Gasteiger partial charge in [-0.25, -0.2) is 4.98 Å². The monoisotopic (exact) mass is 742 g/mol. The SMILES string of the molecule is CC1(C)c2ccccc2-c2cccc(-c3ccc4c(c3)c3c(-c5cccc(-c6cc(-c7ccccn7)nc(-c7ccccn7)c6)c5)cccc3n4-c3ccccc3)c21. The molecule has 11 rings (SSSR count). The minimum absolute atomic E-state index is 0.124. The predicted octanol–water partition coefficient (Wildman–Crippen LogP) is 13.6. The van der Waals surface area contributed by atoms with Crippen LogP contribution in [-0.2, 0) is 5.41 Å². The van der Waals surface area contributed by atoms with Gasteiger partial charge in [-0.3, -0.25) is 9.97 Å². The van der Waals surface area contributed by atoms with E-state index in [4.69, 9.17) is 4.98 Å². The highest BCUT2D eigenvalue weighted by Gasteiger charge is 2.37. The number of para-hydroxylation sites is 1. The zero-order valence-corrected chi connectivity index (χ0v) is 32.3. The van der Waals surface area contributed by atoms with Gasteiger partial charge in [-0.1, -0.05) is 123 Å². The maximum atomic E-state index is 5.03. The van der Waals surface area contributed by atoms with Gasteiger partial charge in [0.15, 0.2) is 0 Å². The number of fused-ring (bicyclic) bond motifs is 6. The fraction of sp³-hybridized carbons (Fsp3) is 0.0556. The van der Waals surface area contributed by atoms with Crippen molar-refractivity contribution in [1.82, 2.24) is 19.5 Å². The molecule has 0 saturated heterocycles. The Hall–Kier alpha value is -7.43. The van der Waals surface area contributed by atoms with E-state index < -0.39 is 0 Å². The van der Waals surface area contributed by atoms with Crippen molar-refractivity contribution >= 4 is 21.8 Å². The van der Waals surface area contributed by atoms with Crippen LogP contribution in [0.25, 0.3) is 94.8 Å². The van der Waals surface area contributed by atoms with Gasteiger partial charge in [-0.15, -0.1) is 0 Å². The summed E-state index contributed by atoms with van der Waals surface area (Å²) in [5.41, 5.74) is 19.1. The first-order chi connectivity index (χ1) is 28.5. The van der Waals surface area contributed by atoms with Gasteiger partial charge in [0.1, 0.15) is 0 Å². The topological polar surface area (TPSA) is 43.6 Å². The summed E-state index contributed by atoms with van der Waals surface area (Å²) < 4.78 is 2.41. The zero-order chi connectivity index (χ0) is 38.8. The molecule has 4 aromatic heterocycles. The highest BCUT2D eigenvalue weighted by atomic mass is 15.0. The Morgan fingerprint density at radius 1 is 0.414 bits per heavy atom. The molecule has 0 radical (unpaired) electrons. The predicted molar refractivity (Wildman–Crippen MR) is 239 cm³/mol. The van der Waals surface area contributed by atoms with Gasteiger partial charge in [0.25, 0.3) is 0 Å². The molecule has 1 aliphatic rings. The van der Waals surface area contributed by atoms with Crippen LogP contribution in [0.4, 0.5) is 0 Å². The van der Waals surface area contributed by atoms with Crippen molar-refractivity contribution in [2.24, 2.45) is 0 Å². The first-order valence-electron chi connectivity index (χ1n) is 19.8. The number of pyridine rings is 3. The molecule has 1 aliphatic carbocycles. The van der Waals surface area contributed by atoms with Crippen LogP contribution in [-0.4, -0.2) is 19.5 Å². The third-order valence-corrected chi connectivity index (χ3v) is 11.9. The molecular weight excluding hydrogens is 705 g/mol. The molecular formula is C54H38N4. The Kier molecular flexibility index (Phi) is 7.80. The number of hydrogen-bond acceptors (Lipinski definition) is 3. The maximum Gasteiger partial charge on any atom is 0.0900 e. The van der Waals surface area contributed by atoms with Gasteiger partial charge in [0.2, 0.25) is 0 Å². The van der Waals surface area contributed by atoms with Crippen LogP contribution in [0, 0.1) is 0 Å². The van der Waals surface area contributed by atoms with Crippen LogP contribution < -0.4 is 0 Å². The first kappa shape index (κ1) is 33.9. The van der Waals surface area contributed by atoms with Gasteiger partial charge in [0.05, 0.1) is 33.8 Å². The van der Waals surface area contributed by atoms with Crippen LogP contribution in [0.1, 0.15) is 25.0 Å². The van der Waals surface area contributed by atoms with E-state index in [-0.39, 0.29) is 5.41 Å². The molecule has 0 unspecified atom stereocenters. The van der Waals surface area contributed by atoms with E-state index in [0.717, 1.165) is 45.2 Å². The van der Waals surface area contributed by atoms with Crippen LogP contribution in [0.2, 0.25) is 0 Å². The van der Waals surface area contributed by atoms with Gasteiger partial charge in [0, 0.05) is 34.3 Å². The lowest BCUT2D eigenvalue weighted by Crippen LogP contribution is -2.16. The highest BCUT2D eigenvalue weighted by Crippen LogP contribution is 2.52. The number of nitrogens with zero attached hydrogens (tertiary/aromatic N) is 4. The Morgan fingerprint density at radius 3 is 1.79 bits per heavy atom. The number of rotatable bonds is 6. The largest absolute Gasteiger partial charge is 0.309 e. The standard InChI is InChI=1S/C54H38N4/c1-54(2)45-23-7-6-19-42(45)43-22-13-21-41(53(43)54)37-27-28-50-44(32-37)52-40(20-14-26-51(52)58(50)39-17-4-3-5-18-39)36-16-12-15-35(31-36)38-33-48(46-24-8-10-29-55-46)57-49(34-38)47-25-9-11-30-56-47/h3-34H,1-2H3. The number of benzene rings is 6. The van der Waals surface area contributed by atoms with Crippen LogP contribution in [0.5, 0.6) is 0 Å². The van der Waals surface area contributed by atoms with Gasteiger partial charge in [-0.2, -0.15) is 0 Å². The van der Waals surface area contributed by atoms with Crippen molar-refractivity contribution in [3.8, 4) is 73.0 Å². The molecule has 4 heterocycles. The summed E-state index contributed by atoms with van der Waals surface area (Å²) in [5.74, 6) is 0. The molecule has 0 amide bonds. The van der Waals surface area contributed by atoms with Crippen molar-refractivity contribution < 1.29 is 0 Å². The average molecular weight is 743 g/mol. The molecule has 0 bridgehead atoms. The fourth-order valence-corrected chi connectivity index (χ4v) is 9.28. The minimum Gasteiger partial charge on any atom is -0.309 e. The Bertz CT molecular complexity index is 3120. The van der Waals surface area contributed by atoms with Crippen molar-refractivity contribution in [3.63, 3.8) is 0 Å². The second-order valence-corrected chi connectivity index (χ2v) is 15.6. The van der Waals surface area contributed by atoms with Gasteiger partial charge < -0.3 is 4.57 Å². The summed E-state index contributed by atoms with van der Waals surface area (Å²) in [6.45, 7) is 4.74. The quantitative estimate of drug-likeness (QED) is 0.170. The van der Waals surface area contributed by atoms with Gasteiger partial charge in [-0.05, 0) is 128 Å². The maximum absolute atomic E-state index is 5.03. The van der Waals surface area contributed by atoms with Crippen LogP contribution in [0.3, 0.4) is 0 Å². The molecule has 4 nitrogen and oxygen atoms in total. The highest BCUT2D eigenvalue weighted by molar-refractivity contribution is 6.17. The normalized spacial score (nSPS) is 12.8. The average Bonchev–Trinajstić information content (AvgIpc) is 3.75. The van der Waals surface area contributed by atoms with Crippen molar-refractivity contribution in [1.29, 1.82) is 0 Å². The molecule has 0 saturated carbocycles. The molecule has 58 heavy (non-hydrogen) atoms. The fourth-order valence-electron chi connectivity index (χ4n) is 9.28. The molecule has 0 atom stereocenters. The van der Waals surface area contributed by atoms with Crippen LogP contribution in [0.15, 0.2) is 194 Å². The van der Waals surface area contributed by atoms with Crippen molar-refractivity contribution in [2.45, 2.75) is 19.3 Å². The van der Waals surface area contributed by atoms with E-state index in [1.165, 1.54) is 60.8 Å². The third kappa shape index (κ3) is 5.41. The molecule has 0 aliphatic heterocycles. The molecule has 274 valence electrons. The van der Waals surface area contributed by atoms with Gasteiger partial charge >= 0.3 is 0 Å². The minimum atomic E-state index is -0.124. The summed E-state index contributed by atoms with van der Waals surface area (Å²) in [4.78, 5) is 14.3. The van der Waals surface area contributed by atoms with E-state index in [1.54, 1.807) is 0 Å². The lowest BCUT2D eigenvalue weighted by molar-refractivity contribution is 0.662. The molecule has 0 N–H and O–H groups in total. The molecule has 0 spiro atoms. The Morgan fingerprint density at radius 2 is 1.03 bits per heavy atom. The zero-order valence-electron chi connectivity index (χ0n) is 32.3. The molecule has 4 heteroatoms. The van der Waals surface area contributed by atoms with E-state index >= 15 is 0 Å². The van der Waals surface area contributed by atoms with Crippen LogP contribution >= 0.6 is 0 Å². The Balaban J connectivity index is 1.12. The van der Waals surface area contributed by atoms with E-state index in [1.807, 2.05) is 48.8 Å². The summed E-state index contributed by atoms with van der Waals surface area (Å²) in [6.07, 6.45) is 3.63. The summed E-state index contributed by atoms with van der Waals surface area (Å²) in [6, 6.07) is 65.3. The summed E-state index contributed by atoms with van der Waals surface area (Å²) in [5, 5.41) is 2.45.